The van der Waals surface area contributed by atoms with Crippen molar-refractivity contribution < 1.29 is 14.3 Å². The number of ketones is 1. The van der Waals surface area contributed by atoms with Crippen LogP contribution in [0.3, 0.4) is 0 Å². The van der Waals surface area contributed by atoms with E-state index in [1.807, 2.05) is 55.5 Å². The van der Waals surface area contributed by atoms with Gasteiger partial charge in [0.15, 0.2) is 12.4 Å². The van der Waals surface area contributed by atoms with Gasteiger partial charge in [0.1, 0.15) is 5.75 Å². The Morgan fingerprint density at radius 1 is 0.967 bits per heavy atom. The van der Waals surface area contributed by atoms with Gasteiger partial charge in [0.05, 0.1) is 0 Å². The zero-order valence-corrected chi connectivity index (χ0v) is 17.2. The molecule has 0 atom stereocenters. The van der Waals surface area contributed by atoms with Crippen LogP contribution in [0.25, 0.3) is 6.08 Å². The lowest BCUT2D eigenvalue weighted by molar-refractivity contribution is -0.118. The fourth-order valence-electron chi connectivity index (χ4n) is 3.10. The molecule has 0 spiro atoms. The van der Waals surface area contributed by atoms with Crippen LogP contribution in [-0.4, -0.2) is 18.3 Å². The number of rotatable bonds is 8. The first-order valence-electron chi connectivity index (χ1n) is 9.95. The lowest BCUT2D eigenvalue weighted by Gasteiger charge is -2.13. The van der Waals surface area contributed by atoms with Gasteiger partial charge >= 0.3 is 0 Å². The molecule has 3 aromatic carbocycles. The molecule has 152 valence electrons. The number of amides is 1. The van der Waals surface area contributed by atoms with Crippen LogP contribution in [0.4, 0.5) is 5.69 Å². The summed E-state index contributed by atoms with van der Waals surface area (Å²) in [7, 11) is 0. The molecule has 0 heterocycles. The minimum Gasteiger partial charge on any atom is -0.484 e. The lowest BCUT2D eigenvalue weighted by Crippen LogP contribution is -2.21. The molecule has 3 aromatic rings. The molecule has 4 heteroatoms. The fourth-order valence-corrected chi connectivity index (χ4v) is 3.10. The van der Waals surface area contributed by atoms with Crippen LogP contribution in [0.1, 0.15) is 34.0 Å². The van der Waals surface area contributed by atoms with Gasteiger partial charge in [-0.2, -0.15) is 0 Å². The summed E-state index contributed by atoms with van der Waals surface area (Å²) in [6.45, 7) is 3.89. The number of carbonyl (C=O) groups is 2. The number of carbonyl (C=O) groups excluding carboxylic acids is 2. The van der Waals surface area contributed by atoms with Crippen LogP contribution in [0.5, 0.6) is 5.75 Å². The highest BCUT2D eigenvalue weighted by Crippen LogP contribution is 2.21. The van der Waals surface area contributed by atoms with E-state index in [1.165, 1.54) is 6.08 Å². The molecule has 3 rings (SSSR count). The van der Waals surface area contributed by atoms with Crippen molar-refractivity contribution in [3.05, 3.63) is 101 Å². The van der Waals surface area contributed by atoms with Gasteiger partial charge in [-0.25, -0.2) is 0 Å². The maximum absolute atomic E-state index is 12.4. The molecule has 0 aromatic heterocycles. The molecule has 0 bridgehead atoms. The first kappa shape index (κ1) is 21.1. The van der Waals surface area contributed by atoms with E-state index < -0.39 is 0 Å². The van der Waals surface area contributed by atoms with Gasteiger partial charge in [-0.1, -0.05) is 73.7 Å². The van der Waals surface area contributed by atoms with Crippen molar-refractivity contribution in [2.24, 2.45) is 0 Å². The maximum Gasteiger partial charge on any atom is 0.262 e. The SMILES string of the molecule is CCc1cccc(C)c1NC(=O)COc1cccc(C(=O)C=Cc2ccccc2)c1. The minimum absolute atomic E-state index is 0.124. The van der Waals surface area contributed by atoms with E-state index in [-0.39, 0.29) is 18.3 Å². The summed E-state index contributed by atoms with van der Waals surface area (Å²) in [5.41, 5.74) is 4.40. The van der Waals surface area contributed by atoms with E-state index in [9.17, 15) is 9.59 Å². The molecule has 30 heavy (non-hydrogen) atoms. The van der Waals surface area contributed by atoms with Crippen molar-refractivity contribution in [2.45, 2.75) is 20.3 Å². The van der Waals surface area contributed by atoms with E-state index in [2.05, 4.69) is 12.2 Å². The first-order valence-corrected chi connectivity index (χ1v) is 9.95. The molecular weight excluding hydrogens is 374 g/mol. The highest BCUT2D eigenvalue weighted by molar-refractivity contribution is 6.07. The predicted molar refractivity (Wildman–Crippen MR) is 121 cm³/mol. The third-order valence-electron chi connectivity index (χ3n) is 4.72. The maximum atomic E-state index is 12.4. The molecule has 0 aliphatic rings. The topological polar surface area (TPSA) is 55.4 Å². The van der Waals surface area contributed by atoms with Crippen LogP contribution in [-0.2, 0) is 11.2 Å². The Labute approximate surface area is 177 Å². The quantitative estimate of drug-likeness (QED) is 0.404. The van der Waals surface area contributed by atoms with Crippen LogP contribution < -0.4 is 10.1 Å². The van der Waals surface area contributed by atoms with Crippen LogP contribution in [0, 0.1) is 6.92 Å². The third-order valence-corrected chi connectivity index (χ3v) is 4.72. The fraction of sp³-hybridized carbons (Fsp3) is 0.154. The summed E-state index contributed by atoms with van der Waals surface area (Å²) in [6.07, 6.45) is 4.14. The van der Waals surface area contributed by atoms with Gasteiger partial charge in [0, 0.05) is 11.3 Å². The van der Waals surface area contributed by atoms with Gasteiger partial charge in [-0.3, -0.25) is 9.59 Å². The highest BCUT2D eigenvalue weighted by Gasteiger charge is 2.10. The number of para-hydroxylation sites is 1. The summed E-state index contributed by atoms with van der Waals surface area (Å²) in [6, 6.07) is 22.4. The molecule has 1 amide bonds. The average Bonchev–Trinajstić information content (AvgIpc) is 2.78. The van der Waals surface area contributed by atoms with Crippen molar-refractivity contribution in [1.82, 2.24) is 0 Å². The van der Waals surface area contributed by atoms with E-state index in [0.717, 1.165) is 28.8 Å². The first-order chi connectivity index (χ1) is 14.6. The van der Waals surface area contributed by atoms with Crippen LogP contribution in [0.15, 0.2) is 78.9 Å². The molecule has 0 aliphatic heterocycles. The Morgan fingerprint density at radius 3 is 2.50 bits per heavy atom. The van der Waals surface area contributed by atoms with Crippen molar-refractivity contribution in [3.8, 4) is 5.75 Å². The van der Waals surface area contributed by atoms with Crippen LogP contribution in [0.2, 0.25) is 0 Å². The van der Waals surface area contributed by atoms with E-state index in [1.54, 1.807) is 30.3 Å². The summed E-state index contributed by atoms with van der Waals surface area (Å²) < 4.78 is 5.62. The van der Waals surface area contributed by atoms with Gasteiger partial charge in [0.25, 0.3) is 5.91 Å². The monoisotopic (exact) mass is 399 g/mol. The average molecular weight is 399 g/mol. The molecule has 0 saturated carbocycles. The van der Waals surface area contributed by atoms with Crippen molar-refractivity contribution in [3.63, 3.8) is 0 Å². The highest BCUT2D eigenvalue weighted by atomic mass is 16.5. The number of nitrogens with one attached hydrogen (secondary N) is 1. The van der Waals surface area contributed by atoms with E-state index >= 15 is 0 Å². The van der Waals surface area contributed by atoms with Gasteiger partial charge in [0.2, 0.25) is 0 Å². The second-order valence-electron chi connectivity index (χ2n) is 6.94. The number of ether oxygens (including phenoxy) is 1. The predicted octanol–water partition coefficient (Wildman–Crippen LogP) is 5.47. The van der Waals surface area contributed by atoms with E-state index in [4.69, 9.17) is 4.74 Å². The Bertz CT molecular complexity index is 1050. The second-order valence-corrected chi connectivity index (χ2v) is 6.94. The zero-order chi connectivity index (χ0) is 21.3. The smallest absolute Gasteiger partial charge is 0.262 e. The number of hydrogen-bond donors (Lipinski definition) is 1. The van der Waals surface area contributed by atoms with Crippen molar-refractivity contribution in [2.75, 3.05) is 11.9 Å². The Morgan fingerprint density at radius 2 is 1.73 bits per heavy atom. The van der Waals surface area contributed by atoms with Crippen molar-refractivity contribution in [1.29, 1.82) is 0 Å². The Kier molecular flexibility index (Phi) is 7.17. The normalized spacial score (nSPS) is 10.7. The second kappa shape index (κ2) is 10.2. The van der Waals surface area contributed by atoms with Gasteiger partial charge in [-0.05, 0) is 48.2 Å². The Hall–Kier alpha value is -3.66. The zero-order valence-electron chi connectivity index (χ0n) is 17.2. The van der Waals surface area contributed by atoms with Crippen LogP contribution >= 0.6 is 0 Å². The molecular formula is C26H25NO3. The summed E-state index contributed by atoms with van der Waals surface area (Å²) in [5.74, 6) is 0.116. The summed E-state index contributed by atoms with van der Waals surface area (Å²) in [5, 5.41) is 2.93. The number of aryl methyl sites for hydroxylation is 2. The Balaban J connectivity index is 1.61. The molecule has 0 aliphatic carbocycles. The summed E-state index contributed by atoms with van der Waals surface area (Å²) >= 11 is 0. The molecule has 4 nitrogen and oxygen atoms in total. The third kappa shape index (κ3) is 5.67. The largest absolute Gasteiger partial charge is 0.484 e. The molecule has 0 fully saturated rings. The lowest BCUT2D eigenvalue weighted by atomic mass is 10.1. The minimum atomic E-state index is -0.236. The van der Waals surface area contributed by atoms with Crippen molar-refractivity contribution >= 4 is 23.5 Å². The number of hydrogen-bond acceptors (Lipinski definition) is 3. The summed E-state index contributed by atoms with van der Waals surface area (Å²) in [4.78, 5) is 24.8. The standard InChI is InChI=1S/C26H25NO3/c1-3-21-12-7-9-19(2)26(21)27-25(29)18-30-23-14-8-13-22(17-23)24(28)16-15-20-10-5-4-6-11-20/h4-17H,3,18H2,1-2H3,(H,27,29). The van der Waals surface area contributed by atoms with Gasteiger partial charge < -0.3 is 10.1 Å². The number of allylic oxidation sites excluding steroid dienone is 1. The van der Waals surface area contributed by atoms with E-state index in [0.29, 0.717) is 11.3 Å². The van der Waals surface area contributed by atoms with Gasteiger partial charge in [-0.15, -0.1) is 0 Å². The molecule has 0 saturated heterocycles. The molecule has 0 unspecified atom stereocenters. The molecule has 1 N–H and O–H groups in total. The number of anilines is 1. The molecule has 0 radical (unpaired) electrons. The number of benzene rings is 3.